The molecule has 0 spiro atoms. The number of furan rings is 1. The van der Waals surface area contributed by atoms with E-state index >= 15 is 0 Å². The van der Waals surface area contributed by atoms with Crippen molar-refractivity contribution in [1.29, 1.82) is 0 Å². The summed E-state index contributed by atoms with van der Waals surface area (Å²) in [5.74, 6) is 0. The maximum absolute atomic E-state index is 6.55. The van der Waals surface area contributed by atoms with Crippen molar-refractivity contribution in [2.45, 2.75) is 19.3 Å². The number of benzene rings is 5. The molecule has 0 aliphatic heterocycles. The molecule has 0 N–H and O–H groups in total. The Morgan fingerprint density at radius 3 is 2.25 bits per heavy atom. The van der Waals surface area contributed by atoms with E-state index in [4.69, 9.17) is 16.0 Å². The van der Waals surface area contributed by atoms with E-state index in [0.717, 1.165) is 39.0 Å². The van der Waals surface area contributed by atoms with E-state index in [1.165, 1.54) is 22.3 Å². The highest BCUT2D eigenvalue weighted by molar-refractivity contribution is 6.31. The summed E-state index contributed by atoms with van der Waals surface area (Å²) in [5.41, 5.74) is 10.1. The highest BCUT2D eigenvalue weighted by Crippen LogP contribution is 2.55. The van der Waals surface area contributed by atoms with Crippen LogP contribution in [0.1, 0.15) is 25.0 Å². The van der Waals surface area contributed by atoms with E-state index in [-0.39, 0.29) is 5.41 Å². The van der Waals surface area contributed by atoms with Gasteiger partial charge in [-0.15, -0.1) is 0 Å². The number of hydrogen-bond acceptors (Lipinski definition) is 2. The fourth-order valence-corrected chi connectivity index (χ4v) is 6.07. The zero-order valence-corrected chi connectivity index (χ0v) is 20.9. The highest BCUT2D eigenvalue weighted by atomic mass is 35.5. The van der Waals surface area contributed by atoms with Gasteiger partial charge in [0.05, 0.1) is 16.8 Å². The molecule has 0 saturated carbocycles. The van der Waals surface area contributed by atoms with E-state index in [1.807, 2.05) is 36.4 Å². The zero-order chi connectivity index (χ0) is 24.4. The van der Waals surface area contributed by atoms with E-state index in [9.17, 15) is 0 Å². The quantitative estimate of drug-likeness (QED) is 0.248. The first kappa shape index (κ1) is 21.3. The van der Waals surface area contributed by atoms with E-state index in [2.05, 4.69) is 91.5 Å². The van der Waals surface area contributed by atoms with Gasteiger partial charge < -0.3 is 9.32 Å². The number of hydrogen-bond donors (Lipinski definition) is 0. The van der Waals surface area contributed by atoms with Crippen molar-refractivity contribution in [1.82, 2.24) is 0 Å². The Hall–Kier alpha value is -4.01. The van der Waals surface area contributed by atoms with Crippen LogP contribution in [0, 0.1) is 0 Å². The number of para-hydroxylation sites is 1. The normalized spacial score (nSPS) is 13.6. The van der Waals surface area contributed by atoms with Gasteiger partial charge in [-0.25, -0.2) is 0 Å². The van der Waals surface area contributed by atoms with Crippen LogP contribution in [0.3, 0.4) is 0 Å². The van der Waals surface area contributed by atoms with Crippen molar-refractivity contribution < 1.29 is 4.42 Å². The van der Waals surface area contributed by atoms with Crippen LogP contribution >= 0.6 is 11.6 Å². The van der Waals surface area contributed by atoms with Gasteiger partial charge in [0.25, 0.3) is 0 Å². The molecule has 1 aliphatic rings. The Bertz CT molecular complexity index is 1800. The SMILES string of the molecule is CC1(C)c2ccccc2-c2c(N(c3cccc(Cl)c3)c3cccc4oc5ccccc5c34)cccc21. The van der Waals surface area contributed by atoms with E-state index < -0.39 is 0 Å². The molecule has 6 aromatic rings. The minimum Gasteiger partial charge on any atom is -0.456 e. The van der Waals surface area contributed by atoms with Crippen LogP contribution in [-0.2, 0) is 5.41 Å². The molecule has 1 aliphatic carbocycles. The summed E-state index contributed by atoms with van der Waals surface area (Å²) in [6.45, 7) is 4.63. The first-order valence-corrected chi connectivity index (χ1v) is 12.6. The third kappa shape index (κ3) is 2.98. The first-order chi connectivity index (χ1) is 17.5. The minimum absolute atomic E-state index is 0.0870. The maximum atomic E-state index is 6.55. The number of anilines is 3. The molecule has 7 rings (SSSR count). The highest BCUT2D eigenvalue weighted by Gasteiger charge is 2.37. The van der Waals surface area contributed by atoms with Crippen LogP contribution in [0.4, 0.5) is 17.1 Å². The second-order valence-corrected chi connectivity index (χ2v) is 10.4. The van der Waals surface area contributed by atoms with Crippen molar-refractivity contribution in [3.8, 4) is 11.1 Å². The molecule has 1 aromatic heterocycles. The molecule has 3 heteroatoms. The van der Waals surface area contributed by atoms with Gasteiger partial charge in [-0.1, -0.05) is 92.2 Å². The zero-order valence-electron chi connectivity index (χ0n) is 20.1. The minimum atomic E-state index is -0.0870. The lowest BCUT2D eigenvalue weighted by Crippen LogP contribution is -2.16. The Morgan fingerprint density at radius 1 is 0.667 bits per heavy atom. The smallest absolute Gasteiger partial charge is 0.137 e. The molecule has 0 unspecified atom stereocenters. The molecule has 5 aromatic carbocycles. The molecule has 0 atom stereocenters. The summed E-state index contributed by atoms with van der Waals surface area (Å²) in [7, 11) is 0. The average Bonchev–Trinajstić information content (AvgIpc) is 3.38. The van der Waals surface area contributed by atoms with Crippen molar-refractivity contribution >= 4 is 50.6 Å². The molecule has 0 saturated heterocycles. The molecule has 0 fully saturated rings. The first-order valence-electron chi connectivity index (χ1n) is 12.2. The number of rotatable bonds is 3. The van der Waals surface area contributed by atoms with E-state index in [0.29, 0.717) is 5.02 Å². The third-order valence-corrected chi connectivity index (χ3v) is 7.75. The number of fused-ring (bicyclic) bond motifs is 6. The lowest BCUT2D eigenvalue weighted by molar-refractivity contribution is 0.660. The monoisotopic (exact) mass is 485 g/mol. The predicted molar refractivity (Wildman–Crippen MR) is 151 cm³/mol. The number of halogens is 1. The lowest BCUT2D eigenvalue weighted by Gasteiger charge is -2.29. The molecule has 0 radical (unpaired) electrons. The van der Waals surface area contributed by atoms with Gasteiger partial charge in [-0.2, -0.15) is 0 Å². The van der Waals surface area contributed by atoms with Gasteiger partial charge >= 0.3 is 0 Å². The average molecular weight is 486 g/mol. The van der Waals surface area contributed by atoms with Crippen LogP contribution in [0.2, 0.25) is 5.02 Å². The number of nitrogens with zero attached hydrogens (tertiary/aromatic N) is 1. The fraction of sp³-hybridized carbons (Fsp3) is 0.0909. The molecule has 1 heterocycles. The molecule has 174 valence electrons. The lowest BCUT2D eigenvalue weighted by atomic mass is 9.82. The van der Waals surface area contributed by atoms with Gasteiger partial charge in [0.15, 0.2) is 0 Å². The van der Waals surface area contributed by atoms with Gasteiger partial charge in [-0.3, -0.25) is 0 Å². The predicted octanol–water partition coefficient (Wildman–Crippen LogP) is 10.0. The topological polar surface area (TPSA) is 16.4 Å². The third-order valence-electron chi connectivity index (χ3n) is 7.51. The van der Waals surface area contributed by atoms with Crippen LogP contribution < -0.4 is 4.90 Å². The summed E-state index contributed by atoms with van der Waals surface area (Å²) in [6.07, 6.45) is 0. The summed E-state index contributed by atoms with van der Waals surface area (Å²) in [6, 6.07) is 38.1. The molecule has 0 amide bonds. The molecule has 36 heavy (non-hydrogen) atoms. The maximum Gasteiger partial charge on any atom is 0.137 e. The van der Waals surface area contributed by atoms with Crippen LogP contribution in [0.15, 0.2) is 114 Å². The molecular formula is C33H24ClNO. The van der Waals surface area contributed by atoms with Gasteiger partial charge in [0.2, 0.25) is 0 Å². The Kier molecular flexibility index (Phi) is 4.58. The van der Waals surface area contributed by atoms with Gasteiger partial charge in [0.1, 0.15) is 11.2 Å². The van der Waals surface area contributed by atoms with Crippen LogP contribution in [-0.4, -0.2) is 0 Å². The van der Waals surface area contributed by atoms with Gasteiger partial charge in [0, 0.05) is 27.1 Å². The summed E-state index contributed by atoms with van der Waals surface area (Å²) < 4.78 is 6.27. The van der Waals surface area contributed by atoms with E-state index in [1.54, 1.807) is 0 Å². The second kappa shape index (κ2) is 7.74. The Labute approximate surface area is 215 Å². The molecule has 0 bridgehead atoms. The summed E-state index contributed by atoms with van der Waals surface area (Å²) in [5, 5.41) is 2.90. The van der Waals surface area contributed by atoms with Crippen molar-refractivity contribution in [2.75, 3.05) is 4.90 Å². The van der Waals surface area contributed by atoms with Crippen LogP contribution in [0.5, 0.6) is 0 Å². The van der Waals surface area contributed by atoms with Crippen molar-refractivity contribution in [2.24, 2.45) is 0 Å². The molecule has 2 nitrogen and oxygen atoms in total. The summed E-state index contributed by atoms with van der Waals surface area (Å²) >= 11 is 6.55. The second-order valence-electron chi connectivity index (χ2n) is 9.93. The van der Waals surface area contributed by atoms with Crippen molar-refractivity contribution in [3.05, 3.63) is 125 Å². The standard InChI is InChI=1S/C33H24ClNO/c1-33(2)25-14-5-3-12-23(25)31-26(33)15-8-16-27(31)35(22-11-7-10-21(34)20-22)28-17-9-19-30-32(28)24-13-4-6-18-29(24)36-30/h3-20H,1-2H3. The largest absolute Gasteiger partial charge is 0.456 e. The van der Waals surface area contributed by atoms with Gasteiger partial charge in [-0.05, 0) is 59.2 Å². The Balaban J connectivity index is 1.60. The molecular weight excluding hydrogens is 462 g/mol. The fourth-order valence-electron chi connectivity index (χ4n) is 5.89. The Morgan fingerprint density at radius 2 is 1.36 bits per heavy atom. The van der Waals surface area contributed by atoms with Crippen LogP contribution in [0.25, 0.3) is 33.1 Å². The van der Waals surface area contributed by atoms with Crippen molar-refractivity contribution in [3.63, 3.8) is 0 Å². The summed E-state index contributed by atoms with van der Waals surface area (Å²) in [4.78, 5) is 2.34.